The Morgan fingerprint density at radius 2 is 1.86 bits per heavy atom. The van der Waals surface area contributed by atoms with Gasteiger partial charge in [-0.15, -0.1) is 0 Å². The maximum Gasteiger partial charge on any atom is 0.230 e. The summed E-state index contributed by atoms with van der Waals surface area (Å²) >= 11 is 12.0. The van der Waals surface area contributed by atoms with E-state index in [-0.39, 0.29) is 5.28 Å². The molecule has 0 atom stereocenters. The molecule has 1 aliphatic heterocycles. The lowest BCUT2D eigenvalue weighted by Crippen LogP contribution is -2.36. The third kappa shape index (κ3) is 2.19. The molecule has 108 valence electrons. The number of rotatable bonds is 1. The van der Waals surface area contributed by atoms with Gasteiger partial charge in [-0.3, -0.25) is 0 Å². The van der Waals surface area contributed by atoms with Gasteiger partial charge in [-0.05, 0) is 23.7 Å². The summed E-state index contributed by atoms with van der Waals surface area (Å²) in [7, 11) is 0. The van der Waals surface area contributed by atoms with E-state index in [1.54, 1.807) is 6.07 Å². The highest BCUT2D eigenvalue weighted by Crippen LogP contribution is 2.33. The van der Waals surface area contributed by atoms with Gasteiger partial charge >= 0.3 is 0 Å². The van der Waals surface area contributed by atoms with E-state index in [1.807, 2.05) is 6.07 Å². The van der Waals surface area contributed by atoms with Crippen LogP contribution < -0.4 is 4.90 Å². The van der Waals surface area contributed by atoms with E-state index >= 15 is 0 Å². The molecule has 4 heterocycles. The lowest BCUT2D eigenvalue weighted by Gasteiger charge is -2.27. The van der Waals surface area contributed by atoms with E-state index in [0.29, 0.717) is 41.0 Å². The molecule has 1 fully saturated rings. The van der Waals surface area contributed by atoms with Gasteiger partial charge in [0.2, 0.25) is 11.0 Å². The third-order valence-corrected chi connectivity index (χ3v) is 3.79. The summed E-state index contributed by atoms with van der Waals surface area (Å²) in [5, 5.41) is 1.32. The quantitative estimate of drug-likeness (QED) is 0.506. The van der Waals surface area contributed by atoms with E-state index in [1.165, 1.54) is 0 Å². The van der Waals surface area contributed by atoms with Crippen molar-refractivity contribution < 1.29 is 9.15 Å². The molecule has 1 aliphatic rings. The first-order valence-corrected chi connectivity index (χ1v) is 7.23. The number of hydrogen-bond acceptors (Lipinski definition) is 6. The molecule has 6 nitrogen and oxygen atoms in total. The van der Waals surface area contributed by atoms with Gasteiger partial charge in [0, 0.05) is 13.1 Å². The molecule has 4 rings (SSSR count). The van der Waals surface area contributed by atoms with E-state index in [9.17, 15) is 0 Å². The van der Waals surface area contributed by atoms with Crippen LogP contribution in [0.3, 0.4) is 0 Å². The van der Waals surface area contributed by atoms with E-state index in [0.717, 1.165) is 18.5 Å². The molecule has 21 heavy (non-hydrogen) atoms. The number of morpholine rings is 1. The van der Waals surface area contributed by atoms with Crippen LogP contribution in [0.5, 0.6) is 0 Å². The first kappa shape index (κ1) is 13.1. The van der Waals surface area contributed by atoms with Crippen LogP contribution >= 0.6 is 23.2 Å². The fourth-order valence-corrected chi connectivity index (χ4v) is 2.75. The minimum atomic E-state index is 0.182. The van der Waals surface area contributed by atoms with Crippen molar-refractivity contribution in [1.82, 2.24) is 15.0 Å². The lowest BCUT2D eigenvalue weighted by molar-refractivity contribution is 0.122. The predicted molar refractivity (Wildman–Crippen MR) is 80.2 cm³/mol. The number of fused-ring (bicyclic) bond motifs is 3. The van der Waals surface area contributed by atoms with Gasteiger partial charge in [0.1, 0.15) is 10.7 Å². The molecule has 3 aromatic rings. The van der Waals surface area contributed by atoms with Crippen molar-refractivity contribution in [1.29, 1.82) is 0 Å². The van der Waals surface area contributed by atoms with Crippen LogP contribution in [0, 0.1) is 0 Å². The Kier molecular flexibility index (Phi) is 3.10. The van der Waals surface area contributed by atoms with Gasteiger partial charge in [-0.1, -0.05) is 11.6 Å². The summed E-state index contributed by atoms with van der Waals surface area (Å²) in [6.07, 6.45) is 0. The zero-order valence-electron chi connectivity index (χ0n) is 10.8. The van der Waals surface area contributed by atoms with Crippen molar-refractivity contribution in [2.45, 2.75) is 0 Å². The number of hydrogen-bond donors (Lipinski definition) is 0. The molecular weight excluding hydrogens is 315 g/mol. The average Bonchev–Trinajstić information content (AvgIpc) is 2.84. The minimum absolute atomic E-state index is 0.182. The summed E-state index contributed by atoms with van der Waals surface area (Å²) in [4.78, 5) is 14.8. The maximum atomic E-state index is 6.06. The Balaban J connectivity index is 1.99. The van der Waals surface area contributed by atoms with Gasteiger partial charge in [-0.25, -0.2) is 9.97 Å². The first-order chi connectivity index (χ1) is 10.2. The van der Waals surface area contributed by atoms with Crippen molar-refractivity contribution in [3.63, 3.8) is 0 Å². The van der Waals surface area contributed by atoms with Crippen LogP contribution in [0.4, 0.5) is 5.82 Å². The molecule has 8 heteroatoms. The van der Waals surface area contributed by atoms with Crippen molar-refractivity contribution in [3.05, 3.63) is 22.6 Å². The summed E-state index contributed by atoms with van der Waals surface area (Å²) in [5.41, 5.74) is 1.66. The van der Waals surface area contributed by atoms with Gasteiger partial charge in [0.05, 0.1) is 18.6 Å². The molecule has 0 radical (unpaired) electrons. The third-order valence-electron chi connectivity index (χ3n) is 3.41. The summed E-state index contributed by atoms with van der Waals surface area (Å²) in [6, 6.07) is 3.52. The average molecular weight is 325 g/mol. The van der Waals surface area contributed by atoms with E-state index < -0.39 is 0 Å². The van der Waals surface area contributed by atoms with Gasteiger partial charge < -0.3 is 14.1 Å². The fourth-order valence-electron chi connectivity index (χ4n) is 2.45. The highest BCUT2D eigenvalue weighted by Gasteiger charge is 2.22. The summed E-state index contributed by atoms with van der Waals surface area (Å²) in [5.74, 6) is 0.669. The zero-order chi connectivity index (χ0) is 14.4. The predicted octanol–water partition coefficient (Wildman–Crippen LogP) is 2.91. The van der Waals surface area contributed by atoms with Gasteiger partial charge in [0.15, 0.2) is 11.4 Å². The van der Waals surface area contributed by atoms with Gasteiger partial charge in [0.25, 0.3) is 0 Å². The molecule has 0 saturated carbocycles. The van der Waals surface area contributed by atoms with Crippen LogP contribution in [0.2, 0.25) is 10.4 Å². The standard InChI is InChI=1S/C13H10Cl2N4O2/c14-8-2-1-7-9-10(21-12(7)16-8)11(18-13(15)17-9)19-3-5-20-6-4-19/h1-2H,3-6H2. The van der Waals surface area contributed by atoms with Crippen LogP contribution in [-0.2, 0) is 4.74 Å². The number of pyridine rings is 1. The molecular formula is C13H10Cl2N4O2. The molecule has 0 aromatic carbocycles. The molecule has 0 bridgehead atoms. The highest BCUT2D eigenvalue weighted by atomic mass is 35.5. The molecule has 0 spiro atoms. The second-order valence-electron chi connectivity index (χ2n) is 4.68. The topological polar surface area (TPSA) is 64.3 Å². The lowest BCUT2D eigenvalue weighted by atomic mass is 10.3. The largest absolute Gasteiger partial charge is 0.432 e. The number of anilines is 1. The van der Waals surface area contributed by atoms with Crippen LogP contribution in [0.15, 0.2) is 16.5 Å². The SMILES string of the molecule is Clc1ccc2c(n1)oc1c(N3CCOCC3)nc(Cl)nc12. The normalized spacial score (nSPS) is 16.0. The highest BCUT2D eigenvalue weighted by molar-refractivity contribution is 6.30. The van der Waals surface area contributed by atoms with Crippen molar-refractivity contribution in [3.8, 4) is 0 Å². The fraction of sp³-hybridized carbons (Fsp3) is 0.308. The molecule has 0 N–H and O–H groups in total. The second-order valence-corrected chi connectivity index (χ2v) is 5.41. The summed E-state index contributed by atoms with van der Waals surface area (Å²) < 4.78 is 11.2. The Hall–Kier alpha value is -1.63. The van der Waals surface area contributed by atoms with Crippen molar-refractivity contribution in [2.24, 2.45) is 0 Å². The van der Waals surface area contributed by atoms with Crippen molar-refractivity contribution >= 4 is 51.2 Å². The van der Waals surface area contributed by atoms with Crippen molar-refractivity contribution in [2.75, 3.05) is 31.2 Å². The number of nitrogens with zero attached hydrogens (tertiary/aromatic N) is 4. The van der Waals surface area contributed by atoms with E-state index in [2.05, 4.69) is 19.9 Å². The van der Waals surface area contributed by atoms with E-state index in [4.69, 9.17) is 32.4 Å². The second kappa shape index (κ2) is 4.98. The van der Waals surface area contributed by atoms with Gasteiger partial charge in [-0.2, -0.15) is 4.98 Å². The Bertz CT molecular complexity index is 830. The number of furan rings is 1. The molecule has 3 aromatic heterocycles. The Labute approximate surface area is 129 Å². The smallest absolute Gasteiger partial charge is 0.230 e. The number of halogens is 2. The zero-order valence-corrected chi connectivity index (χ0v) is 12.4. The maximum absolute atomic E-state index is 6.06. The van der Waals surface area contributed by atoms with Crippen LogP contribution in [-0.4, -0.2) is 41.3 Å². The molecule has 0 amide bonds. The summed E-state index contributed by atoms with van der Waals surface area (Å²) in [6.45, 7) is 2.75. The van der Waals surface area contributed by atoms with Crippen LogP contribution in [0.1, 0.15) is 0 Å². The number of aromatic nitrogens is 3. The van der Waals surface area contributed by atoms with Crippen LogP contribution in [0.25, 0.3) is 22.2 Å². The monoisotopic (exact) mass is 324 g/mol. The minimum Gasteiger partial charge on any atom is -0.432 e. The first-order valence-electron chi connectivity index (χ1n) is 6.47. The Morgan fingerprint density at radius 1 is 1.05 bits per heavy atom. The Morgan fingerprint density at radius 3 is 2.67 bits per heavy atom. The molecule has 1 saturated heterocycles. The number of ether oxygens (including phenoxy) is 1. The molecule has 0 unspecified atom stereocenters. The molecule has 0 aliphatic carbocycles.